The van der Waals surface area contributed by atoms with Gasteiger partial charge in [-0.15, -0.1) is 0 Å². The number of pyridine rings is 1. The van der Waals surface area contributed by atoms with E-state index in [1.54, 1.807) is 6.20 Å². The van der Waals surface area contributed by atoms with Crippen LogP contribution in [-0.2, 0) is 0 Å². The third kappa shape index (κ3) is 1.85. The molecule has 0 unspecified atom stereocenters. The molecule has 0 aromatic carbocycles. The first-order valence-electron chi connectivity index (χ1n) is 3.94. The van der Waals surface area contributed by atoms with Crippen LogP contribution in [0.4, 0.5) is 0 Å². The van der Waals surface area contributed by atoms with Gasteiger partial charge in [-0.05, 0) is 28.1 Å². The Morgan fingerprint density at radius 1 is 1.33 bits per heavy atom. The number of hydrogen-bond donors (Lipinski definition) is 0. The summed E-state index contributed by atoms with van der Waals surface area (Å²) in [4.78, 5) is 4.10. The van der Waals surface area contributed by atoms with E-state index >= 15 is 0 Å². The van der Waals surface area contributed by atoms with E-state index in [2.05, 4.69) is 20.9 Å². The molecule has 0 aliphatic heterocycles. The third-order valence-corrected chi connectivity index (χ3v) is 1.82. The van der Waals surface area contributed by atoms with Gasteiger partial charge in [0.05, 0.1) is 0 Å². The van der Waals surface area contributed by atoms with Gasteiger partial charge in [0, 0.05) is 23.1 Å². The summed E-state index contributed by atoms with van der Waals surface area (Å²) >= 11 is 3.37. The van der Waals surface area contributed by atoms with E-state index in [1.807, 2.05) is 42.8 Å². The maximum absolute atomic E-state index is 4.10. The largest absolute Gasteiger partial charge is 0.306 e. The minimum absolute atomic E-state index is 0.975. The zero-order valence-corrected chi connectivity index (χ0v) is 8.75. The fourth-order valence-corrected chi connectivity index (χ4v) is 1.25. The van der Waals surface area contributed by atoms with Gasteiger partial charge in [-0.1, -0.05) is 13.8 Å². The topological polar surface area (TPSA) is 17.3 Å². The molecule has 0 atom stereocenters. The molecule has 12 heavy (non-hydrogen) atoms. The molecular weight excluding hydrogens is 216 g/mol. The highest BCUT2D eigenvalue weighted by Gasteiger charge is 1.91. The predicted molar refractivity (Wildman–Crippen MR) is 54.2 cm³/mol. The molecule has 0 aliphatic carbocycles. The molecule has 2 aromatic rings. The lowest BCUT2D eigenvalue weighted by molar-refractivity contribution is 1.17. The molecule has 0 saturated heterocycles. The van der Waals surface area contributed by atoms with Gasteiger partial charge in [0.25, 0.3) is 0 Å². The van der Waals surface area contributed by atoms with Crippen molar-refractivity contribution in [3.63, 3.8) is 0 Å². The molecule has 0 bridgehead atoms. The zero-order valence-electron chi connectivity index (χ0n) is 7.16. The van der Waals surface area contributed by atoms with E-state index in [9.17, 15) is 0 Å². The summed E-state index contributed by atoms with van der Waals surface area (Å²) in [6.45, 7) is 4.00. The van der Waals surface area contributed by atoms with Gasteiger partial charge in [0.15, 0.2) is 0 Å². The lowest BCUT2D eigenvalue weighted by atomic mass is 10.5. The van der Waals surface area contributed by atoms with Gasteiger partial charge in [0.1, 0.15) is 5.65 Å². The van der Waals surface area contributed by atoms with Crippen LogP contribution in [0.5, 0.6) is 0 Å². The molecule has 2 heterocycles. The molecule has 2 nitrogen and oxygen atoms in total. The summed E-state index contributed by atoms with van der Waals surface area (Å²) in [7, 11) is 0. The Balaban J connectivity index is 0.000000336. The molecule has 2 rings (SSSR count). The van der Waals surface area contributed by atoms with Crippen LogP contribution in [0.1, 0.15) is 13.8 Å². The maximum atomic E-state index is 4.10. The van der Waals surface area contributed by atoms with Crippen molar-refractivity contribution in [3.8, 4) is 0 Å². The van der Waals surface area contributed by atoms with Crippen molar-refractivity contribution in [2.45, 2.75) is 13.8 Å². The first kappa shape index (κ1) is 9.26. The molecular formula is C9H11BrN2. The van der Waals surface area contributed by atoms with Gasteiger partial charge < -0.3 is 4.40 Å². The second-order valence-corrected chi connectivity index (χ2v) is 2.96. The van der Waals surface area contributed by atoms with E-state index in [-0.39, 0.29) is 0 Å². The van der Waals surface area contributed by atoms with Crippen molar-refractivity contribution in [1.29, 1.82) is 0 Å². The Morgan fingerprint density at radius 2 is 2.08 bits per heavy atom. The van der Waals surface area contributed by atoms with Crippen LogP contribution >= 0.6 is 15.9 Å². The van der Waals surface area contributed by atoms with Crippen molar-refractivity contribution < 1.29 is 0 Å². The lowest BCUT2D eigenvalue weighted by Gasteiger charge is -1.91. The molecule has 0 spiro atoms. The molecule has 0 fully saturated rings. The van der Waals surface area contributed by atoms with Crippen molar-refractivity contribution in [2.75, 3.05) is 0 Å². The Labute approximate surface area is 80.4 Å². The van der Waals surface area contributed by atoms with Crippen LogP contribution in [0.25, 0.3) is 5.65 Å². The van der Waals surface area contributed by atoms with Crippen molar-refractivity contribution >= 4 is 21.6 Å². The second kappa shape index (κ2) is 4.26. The standard InChI is InChI=1S/C7H5BrN2.C2H6/c8-6-1-2-7-9-3-4-10(7)5-6;1-2/h1-5H;1-2H3. The molecule has 64 valence electrons. The zero-order chi connectivity index (χ0) is 8.97. The van der Waals surface area contributed by atoms with Gasteiger partial charge in [0.2, 0.25) is 0 Å². The van der Waals surface area contributed by atoms with E-state index in [4.69, 9.17) is 0 Å². The minimum atomic E-state index is 0.975. The van der Waals surface area contributed by atoms with Crippen LogP contribution in [0.15, 0.2) is 35.2 Å². The Kier molecular flexibility index (Phi) is 3.29. The van der Waals surface area contributed by atoms with Gasteiger partial charge in [-0.3, -0.25) is 0 Å². The highest BCUT2D eigenvalue weighted by Crippen LogP contribution is 2.09. The van der Waals surface area contributed by atoms with Crippen molar-refractivity contribution in [3.05, 3.63) is 35.2 Å². The third-order valence-electron chi connectivity index (χ3n) is 1.35. The number of nitrogens with zero attached hydrogens (tertiary/aromatic N) is 2. The van der Waals surface area contributed by atoms with Crippen LogP contribution in [0.3, 0.4) is 0 Å². The van der Waals surface area contributed by atoms with Crippen LogP contribution in [0.2, 0.25) is 0 Å². The predicted octanol–water partition coefficient (Wildman–Crippen LogP) is 3.12. The van der Waals surface area contributed by atoms with E-state index in [1.165, 1.54) is 0 Å². The number of fused-ring (bicyclic) bond motifs is 1. The molecule has 0 aliphatic rings. The first-order chi connectivity index (χ1) is 5.86. The molecule has 0 N–H and O–H groups in total. The average Bonchev–Trinajstić information content (AvgIpc) is 2.54. The maximum Gasteiger partial charge on any atom is 0.136 e. The monoisotopic (exact) mass is 226 g/mol. The highest BCUT2D eigenvalue weighted by atomic mass is 79.9. The Bertz CT molecular complexity index is 354. The van der Waals surface area contributed by atoms with Gasteiger partial charge in [-0.25, -0.2) is 4.98 Å². The Morgan fingerprint density at radius 3 is 2.83 bits per heavy atom. The quantitative estimate of drug-likeness (QED) is 0.675. The fraction of sp³-hybridized carbons (Fsp3) is 0.222. The summed E-state index contributed by atoms with van der Waals surface area (Å²) in [5.41, 5.74) is 0.975. The first-order valence-corrected chi connectivity index (χ1v) is 4.74. The number of aromatic nitrogens is 2. The SMILES string of the molecule is Brc1ccc2nccn2c1.CC. The molecule has 2 aromatic heterocycles. The van der Waals surface area contributed by atoms with E-state index in [0.29, 0.717) is 0 Å². The summed E-state index contributed by atoms with van der Waals surface area (Å²) < 4.78 is 3.03. The summed E-state index contributed by atoms with van der Waals surface area (Å²) in [5.74, 6) is 0. The van der Waals surface area contributed by atoms with Crippen molar-refractivity contribution in [2.24, 2.45) is 0 Å². The molecule has 0 radical (unpaired) electrons. The highest BCUT2D eigenvalue weighted by molar-refractivity contribution is 9.10. The Hall–Kier alpha value is -0.830. The number of hydrogen-bond acceptors (Lipinski definition) is 1. The second-order valence-electron chi connectivity index (χ2n) is 2.04. The summed E-state index contributed by atoms with van der Waals surface area (Å²) in [6.07, 6.45) is 5.67. The van der Waals surface area contributed by atoms with E-state index in [0.717, 1.165) is 10.1 Å². The van der Waals surface area contributed by atoms with E-state index < -0.39 is 0 Å². The van der Waals surface area contributed by atoms with Crippen LogP contribution in [0, 0.1) is 0 Å². The van der Waals surface area contributed by atoms with Crippen LogP contribution in [-0.4, -0.2) is 9.38 Å². The van der Waals surface area contributed by atoms with Gasteiger partial charge >= 0.3 is 0 Å². The molecule has 0 saturated carbocycles. The lowest BCUT2D eigenvalue weighted by Crippen LogP contribution is -1.80. The number of imidazole rings is 1. The van der Waals surface area contributed by atoms with Gasteiger partial charge in [-0.2, -0.15) is 0 Å². The summed E-state index contributed by atoms with van der Waals surface area (Å²) in [5, 5.41) is 0. The van der Waals surface area contributed by atoms with Crippen LogP contribution < -0.4 is 0 Å². The normalized spacial score (nSPS) is 9.25. The number of halogens is 1. The summed E-state index contributed by atoms with van der Waals surface area (Å²) in [6, 6.07) is 3.94. The molecule has 3 heteroatoms. The molecule has 0 amide bonds. The van der Waals surface area contributed by atoms with Crippen molar-refractivity contribution in [1.82, 2.24) is 9.38 Å². The fourth-order valence-electron chi connectivity index (χ4n) is 0.893. The minimum Gasteiger partial charge on any atom is -0.306 e. The average molecular weight is 227 g/mol. The smallest absolute Gasteiger partial charge is 0.136 e. The number of rotatable bonds is 0.